The van der Waals surface area contributed by atoms with E-state index in [1.807, 2.05) is 18.2 Å². The first-order valence-corrected chi connectivity index (χ1v) is 13.6. The summed E-state index contributed by atoms with van der Waals surface area (Å²) in [5.74, 6) is 0.325. The molecule has 3 aromatic carbocycles. The quantitative estimate of drug-likeness (QED) is 0.389. The molecule has 2 heterocycles. The molecule has 188 valence electrons. The summed E-state index contributed by atoms with van der Waals surface area (Å²) in [6, 6.07) is 27.2. The maximum atomic E-state index is 13.5. The van der Waals surface area contributed by atoms with E-state index in [1.165, 1.54) is 11.1 Å². The SMILES string of the molecule is O=C([C@H]1CCCN(Cc2c(Cl)cccc2Cl)C1)N1CCN(C(c2ccccc2)c2ccccc2)CC1. The van der Waals surface area contributed by atoms with Gasteiger partial charge in [-0.15, -0.1) is 0 Å². The molecule has 1 atom stereocenters. The highest BCUT2D eigenvalue weighted by atomic mass is 35.5. The first-order chi connectivity index (χ1) is 17.6. The van der Waals surface area contributed by atoms with E-state index < -0.39 is 0 Å². The van der Waals surface area contributed by atoms with Gasteiger partial charge in [0.15, 0.2) is 0 Å². The Morgan fingerprint density at radius 3 is 1.94 bits per heavy atom. The Kier molecular flexibility index (Phi) is 8.28. The number of halogens is 2. The standard InChI is InChI=1S/C30H33Cl2N3O/c31-27-14-7-15-28(32)26(27)22-33-16-8-13-25(21-33)30(36)35-19-17-34(18-20-35)29(23-9-3-1-4-10-23)24-11-5-2-6-12-24/h1-7,9-12,14-15,25,29H,8,13,16-22H2/t25-/m0/s1. The molecule has 0 aliphatic carbocycles. The van der Waals surface area contributed by atoms with E-state index >= 15 is 0 Å². The summed E-state index contributed by atoms with van der Waals surface area (Å²) in [5.41, 5.74) is 3.55. The molecule has 2 aliphatic heterocycles. The summed E-state index contributed by atoms with van der Waals surface area (Å²) in [5, 5.41) is 1.39. The molecule has 0 unspecified atom stereocenters. The Bertz CT molecular complexity index is 1090. The molecule has 3 aromatic rings. The van der Waals surface area contributed by atoms with Crippen LogP contribution >= 0.6 is 23.2 Å². The third-order valence-corrected chi connectivity index (χ3v) is 8.23. The highest BCUT2D eigenvalue weighted by Crippen LogP contribution is 2.31. The number of hydrogen-bond donors (Lipinski definition) is 0. The van der Waals surface area contributed by atoms with Crippen LogP contribution in [0.5, 0.6) is 0 Å². The molecule has 0 N–H and O–H groups in total. The third-order valence-electron chi connectivity index (χ3n) is 7.52. The van der Waals surface area contributed by atoms with Crippen LogP contribution in [-0.4, -0.2) is 59.9 Å². The number of nitrogens with zero attached hydrogens (tertiary/aromatic N) is 3. The number of carbonyl (C=O) groups excluding carboxylic acids is 1. The van der Waals surface area contributed by atoms with Crippen molar-refractivity contribution in [3.63, 3.8) is 0 Å². The van der Waals surface area contributed by atoms with E-state index in [0.717, 1.165) is 57.7 Å². The predicted molar refractivity (Wildman–Crippen MR) is 147 cm³/mol. The van der Waals surface area contributed by atoms with Gasteiger partial charge in [-0.2, -0.15) is 0 Å². The fraction of sp³-hybridized carbons (Fsp3) is 0.367. The van der Waals surface area contributed by atoms with Gasteiger partial charge in [-0.25, -0.2) is 0 Å². The molecule has 6 heteroatoms. The number of rotatable bonds is 6. The largest absolute Gasteiger partial charge is 0.340 e. The van der Waals surface area contributed by atoms with Crippen molar-refractivity contribution in [1.29, 1.82) is 0 Å². The Balaban J connectivity index is 1.22. The van der Waals surface area contributed by atoms with Gasteiger partial charge in [-0.3, -0.25) is 14.6 Å². The molecule has 0 aromatic heterocycles. The topological polar surface area (TPSA) is 26.8 Å². The third kappa shape index (κ3) is 5.78. The number of piperazine rings is 1. The lowest BCUT2D eigenvalue weighted by Crippen LogP contribution is -2.53. The second-order valence-electron chi connectivity index (χ2n) is 9.86. The van der Waals surface area contributed by atoms with Gasteiger partial charge in [0.1, 0.15) is 0 Å². The zero-order valence-corrected chi connectivity index (χ0v) is 22.0. The number of piperidine rings is 1. The average Bonchev–Trinajstić information content (AvgIpc) is 2.92. The zero-order chi connectivity index (χ0) is 24.9. The van der Waals surface area contributed by atoms with Crippen LogP contribution in [0.1, 0.15) is 35.6 Å². The lowest BCUT2D eigenvalue weighted by atomic mass is 9.94. The van der Waals surface area contributed by atoms with Crippen LogP contribution in [0, 0.1) is 5.92 Å². The molecule has 2 saturated heterocycles. The molecule has 0 radical (unpaired) electrons. The van der Waals surface area contributed by atoms with Crippen LogP contribution < -0.4 is 0 Å². The van der Waals surface area contributed by atoms with Crippen LogP contribution in [0.4, 0.5) is 0 Å². The molecular weight excluding hydrogens is 489 g/mol. The van der Waals surface area contributed by atoms with Gasteiger partial charge >= 0.3 is 0 Å². The van der Waals surface area contributed by atoms with Gasteiger partial charge in [0.2, 0.25) is 5.91 Å². The maximum Gasteiger partial charge on any atom is 0.227 e. The number of carbonyl (C=O) groups is 1. The molecular formula is C30H33Cl2N3O. The molecule has 2 aliphatic rings. The summed E-state index contributed by atoms with van der Waals surface area (Å²) in [6.45, 7) is 5.68. The van der Waals surface area contributed by atoms with Gasteiger partial charge in [0.05, 0.1) is 12.0 Å². The van der Waals surface area contributed by atoms with Crippen molar-refractivity contribution in [3.05, 3.63) is 106 Å². The zero-order valence-electron chi connectivity index (χ0n) is 20.5. The summed E-state index contributed by atoms with van der Waals surface area (Å²) in [4.78, 5) is 20.5. The van der Waals surface area contributed by atoms with Crippen LogP contribution in [0.3, 0.4) is 0 Å². The second-order valence-corrected chi connectivity index (χ2v) is 10.7. The van der Waals surface area contributed by atoms with Crippen molar-refractivity contribution in [3.8, 4) is 0 Å². The molecule has 1 amide bonds. The van der Waals surface area contributed by atoms with Gasteiger partial charge in [-0.1, -0.05) is 89.9 Å². The average molecular weight is 523 g/mol. The van der Waals surface area contributed by atoms with E-state index in [-0.39, 0.29) is 12.0 Å². The van der Waals surface area contributed by atoms with Gasteiger partial charge < -0.3 is 4.90 Å². The van der Waals surface area contributed by atoms with Crippen molar-refractivity contribution in [1.82, 2.24) is 14.7 Å². The Labute approximate surface area is 224 Å². The van der Waals surface area contributed by atoms with E-state index in [4.69, 9.17) is 23.2 Å². The van der Waals surface area contributed by atoms with E-state index in [9.17, 15) is 4.79 Å². The van der Waals surface area contributed by atoms with Crippen LogP contribution in [0.15, 0.2) is 78.9 Å². The summed E-state index contributed by atoms with van der Waals surface area (Å²) in [6.07, 6.45) is 1.96. The minimum atomic E-state index is 0.0330. The normalized spacial score (nSPS) is 19.5. The fourth-order valence-electron chi connectivity index (χ4n) is 5.65. The second kappa shape index (κ2) is 11.8. The fourth-order valence-corrected chi connectivity index (χ4v) is 6.17. The smallest absolute Gasteiger partial charge is 0.227 e. The Hall–Kier alpha value is -2.37. The van der Waals surface area contributed by atoms with E-state index in [1.54, 1.807) is 0 Å². The maximum absolute atomic E-state index is 13.5. The number of likely N-dealkylation sites (tertiary alicyclic amines) is 1. The van der Waals surface area contributed by atoms with Crippen molar-refractivity contribution < 1.29 is 4.79 Å². The van der Waals surface area contributed by atoms with Crippen molar-refractivity contribution in [2.75, 3.05) is 39.3 Å². The van der Waals surface area contributed by atoms with Crippen molar-refractivity contribution in [2.24, 2.45) is 5.92 Å². The molecule has 5 rings (SSSR count). The summed E-state index contributed by atoms with van der Waals surface area (Å²) in [7, 11) is 0. The monoisotopic (exact) mass is 521 g/mol. The minimum absolute atomic E-state index is 0.0330. The molecule has 0 spiro atoms. The van der Waals surface area contributed by atoms with Crippen molar-refractivity contribution >= 4 is 29.1 Å². The van der Waals surface area contributed by atoms with Crippen LogP contribution in [0.2, 0.25) is 10.0 Å². The highest BCUT2D eigenvalue weighted by molar-refractivity contribution is 6.35. The minimum Gasteiger partial charge on any atom is -0.340 e. The van der Waals surface area contributed by atoms with Crippen LogP contribution in [0.25, 0.3) is 0 Å². The van der Waals surface area contributed by atoms with E-state index in [2.05, 4.69) is 75.4 Å². The molecule has 4 nitrogen and oxygen atoms in total. The summed E-state index contributed by atoms with van der Waals surface area (Å²) < 4.78 is 0. The van der Waals surface area contributed by atoms with E-state index in [0.29, 0.717) is 22.5 Å². The molecule has 0 saturated carbocycles. The number of amides is 1. The first kappa shape index (κ1) is 25.3. The number of benzene rings is 3. The molecule has 36 heavy (non-hydrogen) atoms. The lowest BCUT2D eigenvalue weighted by Gasteiger charge is -2.42. The lowest BCUT2D eigenvalue weighted by molar-refractivity contribution is -0.139. The summed E-state index contributed by atoms with van der Waals surface area (Å²) >= 11 is 12.8. The first-order valence-electron chi connectivity index (χ1n) is 12.9. The Morgan fingerprint density at radius 1 is 0.778 bits per heavy atom. The molecule has 2 fully saturated rings. The van der Waals surface area contributed by atoms with Crippen molar-refractivity contribution in [2.45, 2.75) is 25.4 Å². The van der Waals surface area contributed by atoms with Crippen LogP contribution in [-0.2, 0) is 11.3 Å². The number of hydrogen-bond acceptors (Lipinski definition) is 3. The van der Waals surface area contributed by atoms with Gasteiger partial charge in [0, 0.05) is 54.9 Å². The van der Waals surface area contributed by atoms with Gasteiger partial charge in [0.25, 0.3) is 0 Å². The Morgan fingerprint density at radius 2 is 1.36 bits per heavy atom. The predicted octanol–water partition coefficient (Wildman–Crippen LogP) is 6.14. The van der Waals surface area contributed by atoms with Gasteiger partial charge in [-0.05, 0) is 42.6 Å². The molecule has 0 bridgehead atoms. The highest BCUT2D eigenvalue weighted by Gasteiger charge is 2.33.